The first kappa shape index (κ1) is 20.7. The SMILES string of the molecule is CCOc1cc(C(Oc2ccc(C#N)cc2)C(=O)OC)ccc1Oc1ccccc1. The number of carbonyl (C=O) groups is 1. The predicted molar refractivity (Wildman–Crippen MR) is 111 cm³/mol. The summed E-state index contributed by atoms with van der Waals surface area (Å²) in [6.07, 6.45) is -1.01. The number of nitrogens with zero attached hydrogens (tertiary/aromatic N) is 1. The zero-order valence-corrected chi connectivity index (χ0v) is 16.7. The maximum absolute atomic E-state index is 12.4. The van der Waals surface area contributed by atoms with E-state index < -0.39 is 12.1 Å². The maximum Gasteiger partial charge on any atom is 0.351 e. The summed E-state index contributed by atoms with van der Waals surface area (Å²) in [4.78, 5) is 12.4. The Bertz CT molecular complexity index is 1030. The molecule has 0 aliphatic heterocycles. The molecule has 0 spiro atoms. The average Bonchev–Trinajstić information content (AvgIpc) is 2.79. The van der Waals surface area contributed by atoms with Crippen molar-refractivity contribution in [3.8, 4) is 29.1 Å². The average molecular weight is 403 g/mol. The Morgan fingerprint density at radius 1 is 0.967 bits per heavy atom. The Hall–Kier alpha value is -3.98. The lowest BCUT2D eigenvalue weighted by molar-refractivity contribution is -0.149. The quantitative estimate of drug-likeness (QED) is 0.490. The van der Waals surface area contributed by atoms with Crippen molar-refractivity contribution in [1.29, 1.82) is 5.26 Å². The van der Waals surface area contributed by atoms with Crippen LogP contribution >= 0.6 is 0 Å². The van der Waals surface area contributed by atoms with Crippen molar-refractivity contribution >= 4 is 5.97 Å². The van der Waals surface area contributed by atoms with Crippen LogP contribution in [-0.4, -0.2) is 19.7 Å². The van der Waals surface area contributed by atoms with Crippen LogP contribution in [0.25, 0.3) is 0 Å². The molecule has 0 N–H and O–H groups in total. The number of rotatable bonds is 8. The highest BCUT2D eigenvalue weighted by Gasteiger charge is 2.25. The lowest BCUT2D eigenvalue weighted by Gasteiger charge is -2.19. The van der Waals surface area contributed by atoms with Crippen LogP contribution in [0.15, 0.2) is 72.8 Å². The lowest BCUT2D eigenvalue weighted by atomic mass is 10.1. The first-order valence-electron chi connectivity index (χ1n) is 9.39. The van der Waals surface area contributed by atoms with Crippen LogP contribution < -0.4 is 14.2 Å². The highest BCUT2D eigenvalue weighted by Crippen LogP contribution is 2.35. The fraction of sp³-hybridized carbons (Fsp3) is 0.167. The van der Waals surface area contributed by atoms with Gasteiger partial charge in [-0.1, -0.05) is 24.3 Å². The number of para-hydroxylation sites is 1. The van der Waals surface area contributed by atoms with E-state index in [9.17, 15) is 4.79 Å². The summed E-state index contributed by atoms with van der Waals surface area (Å²) in [5.41, 5.74) is 1.05. The molecule has 3 aromatic rings. The van der Waals surface area contributed by atoms with Gasteiger partial charge in [-0.25, -0.2) is 4.79 Å². The largest absolute Gasteiger partial charge is 0.490 e. The van der Waals surface area contributed by atoms with Gasteiger partial charge in [-0.15, -0.1) is 0 Å². The summed E-state index contributed by atoms with van der Waals surface area (Å²) in [7, 11) is 1.30. The van der Waals surface area contributed by atoms with Gasteiger partial charge >= 0.3 is 5.97 Å². The fourth-order valence-corrected chi connectivity index (χ4v) is 2.76. The predicted octanol–water partition coefficient (Wildman–Crippen LogP) is 5.04. The second-order valence-electron chi connectivity index (χ2n) is 6.21. The van der Waals surface area contributed by atoms with E-state index in [-0.39, 0.29) is 0 Å². The van der Waals surface area contributed by atoms with E-state index >= 15 is 0 Å². The molecule has 6 heteroatoms. The molecule has 30 heavy (non-hydrogen) atoms. The van der Waals surface area contributed by atoms with Crippen LogP contribution in [0.3, 0.4) is 0 Å². The summed E-state index contributed by atoms with van der Waals surface area (Å²) < 4.78 is 22.4. The van der Waals surface area contributed by atoms with Crippen molar-refractivity contribution in [3.05, 3.63) is 83.9 Å². The molecule has 0 fully saturated rings. The zero-order valence-electron chi connectivity index (χ0n) is 16.7. The highest BCUT2D eigenvalue weighted by atomic mass is 16.6. The topological polar surface area (TPSA) is 77.8 Å². The van der Waals surface area contributed by atoms with Crippen molar-refractivity contribution in [2.24, 2.45) is 0 Å². The molecule has 0 aliphatic rings. The Balaban J connectivity index is 1.91. The monoisotopic (exact) mass is 403 g/mol. The van der Waals surface area contributed by atoms with Crippen LogP contribution in [0, 0.1) is 11.3 Å². The fourth-order valence-electron chi connectivity index (χ4n) is 2.76. The van der Waals surface area contributed by atoms with Crippen molar-refractivity contribution in [2.75, 3.05) is 13.7 Å². The summed E-state index contributed by atoms with van der Waals surface area (Å²) in [6.45, 7) is 2.29. The van der Waals surface area contributed by atoms with E-state index in [1.165, 1.54) is 7.11 Å². The smallest absolute Gasteiger partial charge is 0.351 e. The second kappa shape index (κ2) is 9.99. The van der Waals surface area contributed by atoms with Gasteiger partial charge < -0.3 is 18.9 Å². The standard InChI is InChI=1S/C24H21NO5/c1-3-28-22-15-18(11-14-21(22)29-19-7-5-4-6-8-19)23(24(26)27-2)30-20-12-9-17(16-25)10-13-20/h4-15,23H,3H2,1-2H3. The molecule has 1 atom stereocenters. The molecule has 0 bridgehead atoms. The van der Waals surface area contributed by atoms with Crippen LogP contribution in [0.2, 0.25) is 0 Å². The normalized spacial score (nSPS) is 11.1. The van der Waals surface area contributed by atoms with Gasteiger partial charge in [-0.2, -0.15) is 5.26 Å². The Morgan fingerprint density at radius 2 is 1.70 bits per heavy atom. The number of hydrogen-bond acceptors (Lipinski definition) is 6. The molecule has 0 aromatic heterocycles. The van der Waals surface area contributed by atoms with Crippen molar-refractivity contribution in [3.63, 3.8) is 0 Å². The van der Waals surface area contributed by atoms with Crippen molar-refractivity contribution in [2.45, 2.75) is 13.0 Å². The number of hydrogen-bond donors (Lipinski definition) is 0. The van der Waals surface area contributed by atoms with Gasteiger partial charge in [0, 0.05) is 5.56 Å². The molecule has 3 aromatic carbocycles. The minimum atomic E-state index is -1.01. The van der Waals surface area contributed by atoms with E-state index in [4.69, 9.17) is 24.2 Å². The van der Waals surface area contributed by atoms with Gasteiger partial charge in [0.2, 0.25) is 6.10 Å². The Kier molecular flexibility index (Phi) is 6.91. The third-order valence-corrected chi connectivity index (χ3v) is 4.19. The number of nitriles is 1. The Labute approximate surface area is 175 Å². The van der Waals surface area contributed by atoms with Crippen molar-refractivity contribution < 1.29 is 23.7 Å². The zero-order chi connectivity index (χ0) is 21.3. The van der Waals surface area contributed by atoms with Crippen LogP contribution in [-0.2, 0) is 9.53 Å². The molecule has 0 saturated heterocycles. The molecule has 1 unspecified atom stereocenters. The summed E-state index contributed by atoms with van der Waals surface area (Å²) in [5, 5.41) is 8.94. The Morgan fingerprint density at radius 3 is 2.33 bits per heavy atom. The van der Waals surface area contributed by atoms with Gasteiger partial charge in [-0.3, -0.25) is 0 Å². The number of methoxy groups -OCH3 is 1. The van der Waals surface area contributed by atoms with Gasteiger partial charge in [0.15, 0.2) is 11.5 Å². The third-order valence-electron chi connectivity index (χ3n) is 4.19. The maximum atomic E-state index is 12.4. The first-order chi connectivity index (χ1) is 14.6. The number of esters is 1. The van der Waals surface area contributed by atoms with Crippen LogP contribution in [0.4, 0.5) is 0 Å². The molecule has 3 rings (SSSR count). The highest BCUT2D eigenvalue weighted by molar-refractivity contribution is 5.77. The minimum Gasteiger partial charge on any atom is -0.490 e. The van der Waals surface area contributed by atoms with Crippen LogP contribution in [0.5, 0.6) is 23.0 Å². The molecule has 6 nitrogen and oxygen atoms in total. The molecular formula is C24H21NO5. The summed E-state index contributed by atoms with van der Waals surface area (Å²) in [5.74, 6) is 1.56. The molecule has 152 valence electrons. The molecule has 0 saturated carbocycles. The van der Waals surface area contributed by atoms with E-state index in [1.807, 2.05) is 43.3 Å². The second-order valence-corrected chi connectivity index (χ2v) is 6.21. The van der Waals surface area contributed by atoms with Crippen molar-refractivity contribution in [1.82, 2.24) is 0 Å². The van der Waals surface area contributed by atoms with Gasteiger partial charge in [0.1, 0.15) is 11.5 Å². The number of ether oxygens (including phenoxy) is 4. The molecular weight excluding hydrogens is 382 g/mol. The number of benzene rings is 3. The summed E-state index contributed by atoms with van der Waals surface area (Å²) >= 11 is 0. The van der Waals surface area contributed by atoms with E-state index in [0.29, 0.717) is 40.7 Å². The minimum absolute atomic E-state index is 0.425. The molecule has 0 amide bonds. The molecule has 0 radical (unpaired) electrons. The molecule has 0 aliphatic carbocycles. The van der Waals surface area contributed by atoms with Crippen LogP contribution in [0.1, 0.15) is 24.2 Å². The van der Waals surface area contributed by atoms with E-state index in [2.05, 4.69) is 0 Å². The molecule has 0 heterocycles. The third kappa shape index (κ3) is 5.09. The first-order valence-corrected chi connectivity index (χ1v) is 9.39. The van der Waals surface area contributed by atoms with Gasteiger partial charge in [0.05, 0.1) is 25.3 Å². The van der Waals surface area contributed by atoms with Gasteiger partial charge in [-0.05, 0) is 55.5 Å². The van der Waals surface area contributed by atoms with E-state index in [0.717, 1.165) is 0 Å². The summed E-state index contributed by atoms with van der Waals surface area (Å²) in [6, 6.07) is 23.0. The number of carbonyl (C=O) groups excluding carboxylic acids is 1. The lowest BCUT2D eigenvalue weighted by Crippen LogP contribution is -2.20. The van der Waals surface area contributed by atoms with Gasteiger partial charge in [0.25, 0.3) is 0 Å². The van der Waals surface area contributed by atoms with E-state index in [1.54, 1.807) is 42.5 Å².